The highest BCUT2D eigenvalue weighted by Crippen LogP contribution is 2.38. The van der Waals surface area contributed by atoms with Gasteiger partial charge in [-0.15, -0.1) is 11.6 Å². The van der Waals surface area contributed by atoms with Gasteiger partial charge in [-0.05, 0) is 6.07 Å². The number of hydrogen-bond acceptors (Lipinski definition) is 1. The van der Waals surface area contributed by atoms with Crippen LogP contribution in [0.15, 0.2) is 12.1 Å². The second-order valence-corrected chi connectivity index (χ2v) is 3.44. The number of hydrogen-bond donors (Lipinski definition) is 0. The molecule has 0 N–H and O–H groups in total. The summed E-state index contributed by atoms with van der Waals surface area (Å²) in [6, 6.07) is 2.02. The van der Waals surface area contributed by atoms with E-state index in [2.05, 4.69) is 0 Å². The molecule has 2 rings (SSSR count). The van der Waals surface area contributed by atoms with Gasteiger partial charge in [0.1, 0.15) is 5.82 Å². The highest BCUT2D eigenvalue weighted by molar-refractivity contribution is 6.21. The molecule has 0 saturated carbocycles. The van der Waals surface area contributed by atoms with Gasteiger partial charge in [0, 0.05) is 18.1 Å². The summed E-state index contributed by atoms with van der Waals surface area (Å²) in [5.41, 5.74) is 0.408. The maximum absolute atomic E-state index is 13.1. The molecular formula is C9H7ClF2O. The summed E-state index contributed by atoms with van der Waals surface area (Å²) in [5.74, 6) is -1.21. The van der Waals surface area contributed by atoms with Crippen molar-refractivity contribution in [1.29, 1.82) is 0 Å². The largest absolute Gasteiger partial charge is 0.490 e. The van der Waals surface area contributed by atoms with Crippen LogP contribution in [0.25, 0.3) is 0 Å². The number of fused-ring (bicyclic) bond motifs is 1. The molecule has 0 aliphatic carbocycles. The lowest BCUT2D eigenvalue weighted by atomic mass is 10.1. The van der Waals surface area contributed by atoms with Gasteiger partial charge in [0.25, 0.3) is 0 Å². The number of halogens is 3. The van der Waals surface area contributed by atoms with E-state index in [1.807, 2.05) is 0 Å². The van der Waals surface area contributed by atoms with E-state index in [4.69, 9.17) is 16.3 Å². The number of alkyl halides is 1. The van der Waals surface area contributed by atoms with E-state index in [0.717, 1.165) is 6.07 Å². The molecule has 0 spiro atoms. The van der Waals surface area contributed by atoms with Gasteiger partial charge >= 0.3 is 0 Å². The van der Waals surface area contributed by atoms with Crippen LogP contribution in [0.1, 0.15) is 17.4 Å². The summed E-state index contributed by atoms with van der Waals surface area (Å²) in [7, 11) is 0. The molecular weight excluding hydrogens is 198 g/mol. The molecule has 1 aromatic carbocycles. The van der Waals surface area contributed by atoms with E-state index in [-0.39, 0.29) is 11.1 Å². The van der Waals surface area contributed by atoms with Crippen molar-refractivity contribution in [2.45, 2.75) is 11.8 Å². The van der Waals surface area contributed by atoms with Gasteiger partial charge in [-0.3, -0.25) is 0 Å². The van der Waals surface area contributed by atoms with E-state index in [1.165, 1.54) is 6.07 Å². The Morgan fingerprint density at radius 1 is 1.38 bits per heavy atom. The van der Waals surface area contributed by atoms with Crippen LogP contribution < -0.4 is 4.74 Å². The van der Waals surface area contributed by atoms with E-state index in [9.17, 15) is 8.78 Å². The Morgan fingerprint density at radius 3 is 2.92 bits per heavy atom. The minimum Gasteiger partial charge on any atom is -0.490 e. The molecule has 1 nitrogen and oxygen atoms in total. The van der Waals surface area contributed by atoms with Gasteiger partial charge in [-0.2, -0.15) is 0 Å². The number of rotatable bonds is 0. The third kappa shape index (κ3) is 1.48. The topological polar surface area (TPSA) is 9.23 Å². The van der Waals surface area contributed by atoms with Gasteiger partial charge in [0.15, 0.2) is 11.6 Å². The molecule has 70 valence electrons. The fourth-order valence-corrected chi connectivity index (χ4v) is 1.64. The Kier molecular flexibility index (Phi) is 2.12. The molecule has 1 aliphatic heterocycles. The van der Waals surface area contributed by atoms with Gasteiger partial charge in [-0.1, -0.05) is 0 Å². The minimum absolute atomic E-state index is 0.0904. The Bertz CT molecular complexity index is 341. The molecule has 0 bridgehead atoms. The normalized spacial score (nSPS) is 20.7. The van der Waals surface area contributed by atoms with Crippen molar-refractivity contribution < 1.29 is 13.5 Å². The van der Waals surface area contributed by atoms with Gasteiger partial charge in [0.2, 0.25) is 0 Å². The molecule has 0 radical (unpaired) electrons. The van der Waals surface area contributed by atoms with Gasteiger partial charge in [0.05, 0.1) is 12.0 Å². The summed E-state index contributed by atoms with van der Waals surface area (Å²) >= 11 is 5.88. The summed E-state index contributed by atoms with van der Waals surface area (Å²) in [5, 5.41) is -0.353. The zero-order valence-corrected chi connectivity index (χ0v) is 7.44. The van der Waals surface area contributed by atoms with E-state index in [1.54, 1.807) is 0 Å². The molecule has 1 atom stereocenters. The zero-order valence-electron chi connectivity index (χ0n) is 6.69. The average molecular weight is 205 g/mol. The Balaban J connectivity index is 2.56. The minimum atomic E-state index is -0.680. The first-order valence-electron chi connectivity index (χ1n) is 3.94. The average Bonchev–Trinajstić information content (AvgIpc) is 2.07. The predicted octanol–water partition coefficient (Wildman–Crippen LogP) is 3.03. The SMILES string of the molecule is Fc1cc(F)c2c(c1)C(Cl)CCO2. The van der Waals surface area contributed by atoms with Gasteiger partial charge < -0.3 is 4.74 Å². The highest BCUT2D eigenvalue weighted by atomic mass is 35.5. The fourth-order valence-electron chi connectivity index (χ4n) is 1.39. The van der Waals surface area contributed by atoms with Crippen molar-refractivity contribution in [2.24, 2.45) is 0 Å². The Hall–Kier alpha value is -0.830. The molecule has 0 amide bonds. The lowest BCUT2D eigenvalue weighted by Gasteiger charge is -2.21. The van der Waals surface area contributed by atoms with E-state index >= 15 is 0 Å². The van der Waals surface area contributed by atoms with Crippen LogP contribution >= 0.6 is 11.6 Å². The van der Waals surface area contributed by atoms with Crippen molar-refractivity contribution in [3.8, 4) is 5.75 Å². The molecule has 1 unspecified atom stereocenters. The lowest BCUT2D eigenvalue weighted by Crippen LogP contribution is -2.12. The van der Waals surface area contributed by atoms with Crippen LogP contribution in [0.2, 0.25) is 0 Å². The molecule has 0 aromatic heterocycles. The third-order valence-corrected chi connectivity index (χ3v) is 2.45. The standard InChI is InChI=1S/C9H7ClF2O/c10-7-1-2-13-9-6(7)3-5(11)4-8(9)12/h3-4,7H,1-2H2. The van der Waals surface area contributed by atoms with Crippen LogP contribution in [0.3, 0.4) is 0 Å². The van der Waals surface area contributed by atoms with E-state index in [0.29, 0.717) is 18.6 Å². The first-order valence-corrected chi connectivity index (χ1v) is 4.38. The van der Waals surface area contributed by atoms with Crippen LogP contribution in [-0.4, -0.2) is 6.61 Å². The summed E-state index contributed by atoms with van der Waals surface area (Å²) in [6.45, 7) is 0.379. The number of benzene rings is 1. The zero-order chi connectivity index (χ0) is 9.42. The monoisotopic (exact) mass is 204 g/mol. The smallest absolute Gasteiger partial charge is 0.168 e. The molecule has 1 heterocycles. The maximum Gasteiger partial charge on any atom is 0.168 e. The quantitative estimate of drug-likeness (QED) is 0.591. The molecule has 1 aliphatic rings. The third-order valence-electron chi connectivity index (χ3n) is 1.99. The van der Waals surface area contributed by atoms with Gasteiger partial charge in [-0.25, -0.2) is 8.78 Å². The molecule has 0 saturated heterocycles. The van der Waals surface area contributed by atoms with Crippen molar-refractivity contribution in [1.82, 2.24) is 0 Å². The maximum atomic E-state index is 13.1. The lowest BCUT2D eigenvalue weighted by molar-refractivity contribution is 0.269. The van der Waals surface area contributed by atoms with Crippen molar-refractivity contribution >= 4 is 11.6 Å². The molecule has 13 heavy (non-hydrogen) atoms. The fraction of sp³-hybridized carbons (Fsp3) is 0.333. The Labute approximate surface area is 79.3 Å². The van der Waals surface area contributed by atoms with Crippen molar-refractivity contribution in [3.63, 3.8) is 0 Å². The summed E-state index contributed by atoms with van der Waals surface area (Å²) in [6.07, 6.45) is 0.581. The van der Waals surface area contributed by atoms with Crippen LogP contribution in [0, 0.1) is 11.6 Å². The Morgan fingerprint density at radius 2 is 2.15 bits per heavy atom. The van der Waals surface area contributed by atoms with Crippen LogP contribution in [0.5, 0.6) is 5.75 Å². The van der Waals surface area contributed by atoms with E-state index < -0.39 is 11.6 Å². The summed E-state index contributed by atoms with van der Waals surface area (Å²) < 4.78 is 30.9. The highest BCUT2D eigenvalue weighted by Gasteiger charge is 2.23. The molecule has 1 aromatic rings. The second-order valence-electron chi connectivity index (χ2n) is 2.91. The predicted molar refractivity (Wildman–Crippen MR) is 45.1 cm³/mol. The van der Waals surface area contributed by atoms with Crippen molar-refractivity contribution in [3.05, 3.63) is 29.3 Å². The first kappa shape index (κ1) is 8.75. The first-order chi connectivity index (χ1) is 6.18. The van der Waals surface area contributed by atoms with Crippen LogP contribution in [-0.2, 0) is 0 Å². The van der Waals surface area contributed by atoms with Crippen molar-refractivity contribution in [2.75, 3.05) is 6.61 Å². The second kappa shape index (κ2) is 3.14. The van der Waals surface area contributed by atoms with Crippen LogP contribution in [0.4, 0.5) is 8.78 Å². The summed E-state index contributed by atoms with van der Waals surface area (Å²) in [4.78, 5) is 0. The molecule has 4 heteroatoms. The molecule has 0 fully saturated rings. The number of ether oxygens (including phenoxy) is 1.